The van der Waals surface area contributed by atoms with Gasteiger partial charge in [-0.3, -0.25) is 0 Å². The van der Waals surface area contributed by atoms with Crippen molar-refractivity contribution in [3.8, 4) is 0 Å². The molecule has 1 heterocycles. The van der Waals surface area contributed by atoms with Crippen molar-refractivity contribution in [2.45, 2.75) is 52.6 Å². The molecule has 0 saturated carbocycles. The fraction of sp³-hybridized carbons (Fsp3) is 0.727. The summed E-state index contributed by atoms with van der Waals surface area (Å²) in [6.45, 7) is 8.29. The zero-order chi connectivity index (χ0) is 10.8. The van der Waals surface area contributed by atoms with E-state index in [2.05, 4.69) is 32.7 Å². The summed E-state index contributed by atoms with van der Waals surface area (Å²) in [5.41, 5.74) is 0.963. The standard InChI is InChI=1S/C11H19NO2/c1-5-6-8-10(11(2,3)4)12-9(7-13)14-8/h13H,5-7H2,1-4H3. The fourth-order valence-electron chi connectivity index (χ4n) is 1.45. The molecule has 0 unspecified atom stereocenters. The summed E-state index contributed by atoms with van der Waals surface area (Å²) in [7, 11) is 0. The van der Waals surface area contributed by atoms with Crippen molar-refractivity contribution >= 4 is 0 Å². The molecule has 0 aliphatic rings. The third kappa shape index (κ3) is 2.35. The van der Waals surface area contributed by atoms with Gasteiger partial charge in [-0.2, -0.15) is 0 Å². The number of oxazole rings is 1. The summed E-state index contributed by atoms with van der Waals surface area (Å²) in [4.78, 5) is 4.30. The lowest BCUT2D eigenvalue weighted by Crippen LogP contribution is -2.14. The van der Waals surface area contributed by atoms with Gasteiger partial charge >= 0.3 is 0 Å². The van der Waals surface area contributed by atoms with Crippen LogP contribution in [0, 0.1) is 0 Å². The van der Waals surface area contributed by atoms with Crippen molar-refractivity contribution in [1.82, 2.24) is 4.98 Å². The van der Waals surface area contributed by atoms with Crippen LogP contribution in [-0.2, 0) is 18.4 Å². The van der Waals surface area contributed by atoms with Crippen LogP contribution < -0.4 is 0 Å². The van der Waals surface area contributed by atoms with Crippen LogP contribution in [0.3, 0.4) is 0 Å². The van der Waals surface area contributed by atoms with E-state index in [1.165, 1.54) is 0 Å². The molecule has 14 heavy (non-hydrogen) atoms. The minimum Gasteiger partial charge on any atom is -0.443 e. The van der Waals surface area contributed by atoms with Crippen molar-refractivity contribution < 1.29 is 9.52 Å². The first-order valence-electron chi connectivity index (χ1n) is 5.09. The van der Waals surface area contributed by atoms with Gasteiger partial charge < -0.3 is 9.52 Å². The Balaban J connectivity index is 3.06. The number of nitrogens with zero attached hydrogens (tertiary/aromatic N) is 1. The zero-order valence-electron chi connectivity index (χ0n) is 9.42. The van der Waals surface area contributed by atoms with E-state index in [1.54, 1.807) is 0 Å². The van der Waals surface area contributed by atoms with Crippen molar-refractivity contribution in [2.75, 3.05) is 0 Å². The van der Waals surface area contributed by atoms with E-state index < -0.39 is 0 Å². The normalized spacial score (nSPS) is 12.1. The predicted molar refractivity (Wildman–Crippen MR) is 55.1 cm³/mol. The molecule has 0 aliphatic heterocycles. The first-order valence-corrected chi connectivity index (χ1v) is 5.09. The van der Waals surface area contributed by atoms with Crippen LogP contribution in [0.15, 0.2) is 4.42 Å². The highest BCUT2D eigenvalue weighted by atomic mass is 16.4. The van der Waals surface area contributed by atoms with E-state index in [0.717, 1.165) is 24.3 Å². The second kappa shape index (κ2) is 4.13. The highest BCUT2D eigenvalue weighted by Crippen LogP contribution is 2.26. The van der Waals surface area contributed by atoms with E-state index in [1.807, 2.05) is 0 Å². The molecule has 0 radical (unpaired) electrons. The van der Waals surface area contributed by atoms with Crippen molar-refractivity contribution in [2.24, 2.45) is 0 Å². The molecule has 80 valence electrons. The van der Waals surface area contributed by atoms with Crippen LogP contribution in [0.5, 0.6) is 0 Å². The molecule has 3 nitrogen and oxygen atoms in total. The number of aliphatic hydroxyl groups is 1. The molecule has 0 fully saturated rings. The van der Waals surface area contributed by atoms with Crippen LogP contribution >= 0.6 is 0 Å². The Kier molecular flexibility index (Phi) is 3.32. The van der Waals surface area contributed by atoms with Crippen LogP contribution in [0.1, 0.15) is 51.5 Å². The minimum absolute atomic E-state index is 0.0125. The second-order valence-electron chi connectivity index (χ2n) is 4.54. The number of hydrogen-bond acceptors (Lipinski definition) is 3. The molecule has 0 atom stereocenters. The monoisotopic (exact) mass is 197 g/mol. The average molecular weight is 197 g/mol. The van der Waals surface area contributed by atoms with Gasteiger partial charge in [0, 0.05) is 11.8 Å². The van der Waals surface area contributed by atoms with Crippen molar-refractivity contribution in [3.05, 3.63) is 17.3 Å². The van der Waals surface area contributed by atoms with Crippen LogP contribution in [-0.4, -0.2) is 10.1 Å². The van der Waals surface area contributed by atoms with E-state index in [4.69, 9.17) is 9.52 Å². The maximum absolute atomic E-state index is 8.95. The topological polar surface area (TPSA) is 46.3 Å². The lowest BCUT2D eigenvalue weighted by Gasteiger charge is -2.15. The molecule has 1 aromatic heterocycles. The molecule has 3 heteroatoms. The Hall–Kier alpha value is -0.830. The smallest absolute Gasteiger partial charge is 0.220 e. The first-order chi connectivity index (χ1) is 6.49. The van der Waals surface area contributed by atoms with Gasteiger partial charge in [-0.25, -0.2) is 4.98 Å². The Morgan fingerprint density at radius 2 is 2.00 bits per heavy atom. The third-order valence-corrected chi connectivity index (χ3v) is 2.06. The summed E-state index contributed by atoms with van der Waals surface area (Å²) in [5.74, 6) is 1.35. The maximum Gasteiger partial charge on any atom is 0.220 e. The quantitative estimate of drug-likeness (QED) is 0.809. The summed E-state index contributed by atoms with van der Waals surface area (Å²) >= 11 is 0. The van der Waals surface area contributed by atoms with Gasteiger partial charge in [-0.15, -0.1) is 0 Å². The van der Waals surface area contributed by atoms with E-state index in [0.29, 0.717) is 5.89 Å². The number of hydrogen-bond donors (Lipinski definition) is 1. The molecule has 0 spiro atoms. The largest absolute Gasteiger partial charge is 0.443 e. The lowest BCUT2D eigenvalue weighted by atomic mass is 9.90. The lowest BCUT2D eigenvalue weighted by molar-refractivity contribution is 0.236. The van der Waals surface area contributed by atoms with Gasteiger partial charge in [-0.05, 0) is 6.42 Å². The first kappa shape index (κ1) is 11.2. The maximum atomic E-state index is 8.95. The number of aryl methyl sites for hydroxylation is 1. The van der Waals surface area contributed by atoms with E-state index >= 15 is 0 Å². The van der Waals surface area contributed by atoms with Crippen molar-refractivity contribution in [3.63, 3.8) is 0 Å². The molecular weight excluding hydrogens is 178 g/mol. The molecular formula is C11H19NO2. The molecule has 0 aromatic carbocycles. The molecule has 1 aromatic rings. The SMILES string of the molecule is CCCc1oc(CO)nc1C(C)(C)C. The fourth-order valence-corrected chi connectivity index (χ4v) is 1.45. The molecule has 1 N–H and O–H groups in total. The van der Waals surface area contributed by atoms with Gasteiger partial charge in [-0.1, -0.05) is 27.7 Å². The van der Waals surface area contributed by atoms with Gasteiger partial charge in [0.1, 0.15) is 12.4 Å². The zero-order valence-corrected chi connectivity index (χ0v) is 9.42. The van der Waals surface area contributed by atoms with Gasteiger partial charge in [0.15, 0.2) is 0 Å². The highest BCUT2D eigenvalue weighted by Gasteiger charge is 2.23. The van der Waals surface area contributed by atoms with E-state index in [9.17, 15) is 0 Å². The third-order valence-electron chi connectivity index (χ3n) is 2.06. The van der Waals surface area contributed by atoms with Gasteiger partial charge in [0.2, 0.25) is 5.89 Å². The summed E-state index contributed by atoms with van der Waals surface area (Å²) in [5, 5.41) is 8.95. The molecule has 0 aliphatic carbocycles. The summed E-state index contributed by atoms with van der Waals surface area (Å²) < 4.78 is 5.47. The number of aliphatic hydroxyl groups excluding tert-OH is 1. The summed E-state index contributed by atoms with van der Waals surface area (Å²) in [6.07, 6.45) is 1.92. The Morgan fingerprint density at radius 3 is 2.43 bits per heavy atom. The van der Waals surface area contributed by atoms with Crippen LogP contribution in [0.25, 0.3) is 0 Å². The van der Waals surface area contributed by atoms with E-state index in [-0.39, 0.29) is 12.0 Å². The van der Waals surface area contributed by atoms with Gasteiger partial charge in [0.05, 0.1) is 5.69 Å². The number of aromatic nitrogens is 1. The molecule has 1 rings (SSSR count). The number of rotatable bonds is 3. The minimum atomic E-state index is -0.118. The van der Waals surface area contributed by atoms with Crippen molar-refractivity contribution in [1.29, 1.82) is 0 Å². The average Bonchev–Trinajstić information content (AvgIpc) is 2.48. The Morgan fingerprint density at radius 1 is 1.36 bits per heavy atom. The molecule has 0 saturated heterocycles. The Bertz CT molecular complexity index is 297. The molecule has 0 amide bonds. The second-order valence-corrected chi connectivity index (χ2v) is 4.54. The Labute approximate surface area is 85.2 Å². The predicted octanol–water partition coefficient (Wildman–Crippen LogP) is 2.42. The molecule has 0 bridgehead atoms. The summed E-state index contributed by atoms with van der Waals surface area (Å²) in [6, 6.07) is 0. The van der Waals surface area contributed by atoms with Crippen LogP contribution in [0.4, 0.5) is 0 Å². The highest BCUT2D eigenvalue weighted by molar-refractivity contribution is 5.18. The van der Waals surface area contributed by atoms with Gasteiger partial charge in [0.25, 0.3) is 0 Å². The van der Waals surface area contributed by atoms with Crippen LogP contribution in [0.2, 0.25) is 0 Å².